The SMILES string of the molecule is CC(C)(C(=O)O)[C@@](C)(CC(=O)O)C(=O)O. The van der Waals surface area contributed by atoms with Gasteiger partial charge in [0, 0.05) is 0 Å². The number of aliphatic carboxylic acids is 3. The topological polar surface area (TPSA) is 112 Å². The van der Waals surface area contributed by atoms with Crippen molar-refractivity contribution >= 4 is 17.9 Å². The van der Waals surface area contributed by atoms with Crippen LogP contribution in [0.3, 0.4) is 0 Å². The largest absolute Gasteiger partial charge is 0.481 e. The lowest BCUT2D eigenvalue weighted by Gasteiger charge is -2.36. The van der Waals surface area contributed by atoms with Gasteiger partial charge >= 0.3 is 17.9 Å². The van der Waals surface area contributed by atoms with E-state index in [0.717, 1.165) is 6.92 Å². The molecule has 15 heavy (non-hydrogen) atoms. The summed E-state index contributed by atoms with van der Waals surface area (Å²) in [6, 6.07) is 0. The maximum Gasteiger partial charge on any atom is 0.311 e. The minimum atomic E-state index is -1.84. The van der Waals surface area contributed by atoms with Gasteiger partial charge < -0.3 is 15.3 Å². The van der Waals surface area contributed by atoms with Crippen molar-refractivity contribution in [3.8, 4) is 0 Å². The van der Waals surface area contributed by atoms with Crippen molar-refractivity contribution in [3.63, 3.8) is 0 Å². The van der Waals surface area contributed by atoms with Crippen molar-refractivity contribution in [2.24, 2.45) is 10.8 Å². The number of carbonyl (C=O) groups is 3. The summed E-state index contributed by atoms with van der Waals surface area (Å²) in [6.45, 7) is 3.52. The molecule has 0 spiro atoms. The predicted molar refractivity (Wildman–Crippen MR) is 49.4 cm³/mol. The van der Waals surface area contributed by atoms with Crippen LogP contribution in [0, 0.1) is 10.8 Å². The smallest absolute Gasteiger partial charge is 0.311 e. The molecule has 1 atom stereocenters. The Labute approximate surface area is 86.5 Å². The van der Waals surface area contributed by atoms with E-state index in [-0.39, 0.29) is 0 Å². The first-order chi connectivity index (χ1) is 6.55. The van der Waals surface area contributed by atoms with Crippen molar-refractivity contribution in [3.05, 3.63) is 0 Å². The van der Waals surface area contributed by atoms with Crippen LogP contribution in [0.15, 0.2) is 0 Å². The number of rotatable bonds is 5. The number of carboxylic acids is 3. The molecule has 0 bridgehead atoms. The first-order valence-electron chi connectivity index (χ1n) is 4.24. The highest BCUT2D eigenvalue weighted by Gasteiger charge is 2.53. The maximum absolute atomic E-state index is 11.0. The Hall–Kier alpha value is -1.59. The molecule has 0 aromatic heterocycles. The molecule has 0 saturated heterocycles. The standard InChI is InChI=1S/C9H14O6/c1-8(2,6(12)13)9(3,7(14)15)4-5(10)11/h4H2,1-3H3,(H,10,11)(H,12,13)(H,14,15)/t9-/m0/s1. The summed E-state index contributed by atoms with van der Waals surface area (Å²) in [7, 11) is 0. The minimum Gasteiger partial charge on any atom is -0.481 e. The third kappa shape index (κ3) is 2.26. The highest BCUT2D eigenvalue weighted by atomic mass is 16.4. The quantitative estimate of drug-likeness (QED) is 0.625. The van der Waals surface area contributed by atoms with Crippen LogP contribution in [0.5, 0.6) is 0 Å². The van der Waals surface area contributed by atoms with Gasteiger partial charge in [-0.05, 0) is 20.8 Å². The Bertz CT molecular complexity index is 306. The predicted octanol–water partition coefficient (Wildman–Crippen LogP) is 0.663. The fourth-order valence-electron chi connectivity index (χ4n) is 1.10. The van der Waals surface area contributed by atoms with E-state index < -0.39 is 35.2 Å². The van der Waals surface area contributed by atoms with E-state index in [1.54, 1.807) is 0 Å². The van der Waals surface area contributed by atoms with Crippen LogP contribution in [0.1, 0.15) is 27.2 Å². The number of hydrogen-bond acceptors (Lipinski definition) is 3. The van der Waals surface area contributed by atoms with E-state index >= 15 is 0 Å². The molecule has 0 aliphatic carbocycles. The van der Waals surface area contributed by atoms with Crippen molar-refractivity contribution in [1.29, 1.82) is 0 Å². The van der Waals surface area contributed by atoms with E-state index in [4.69, 9.17) is 15.3 Å². The lowest BCUT2D eigenvalue weighted by Crippen LogP contribution is -2.48. The second-order valence-corrected chi connectivity index (χ2v) is 4.14. The van der Waals surface area contributed by atoms with Crippen molar-refractivity contribution in [1.82, 2.24) is 0 Å². The highest BCUT2D eigenvalue weighted by molar-refractivity contribution is 5.89. The molecule has 0 unspecified atom stereocenters. The van der Waals surface area contributed by atoms with Gasteiger partial charge in [0.2, 0.25) is 0 Å². The zero-order valence-electron chi connectivity index (χ0n) is 8.77. The second kappa shape index (κ2) is 3.88. The van der Waals surface area contributed by atoms with Crippen molar-refractivity contribution in [2.75, 3.05) is 0 Å². The minimum absolute atomic E-state index is 0.734. The van der Waals surface area contributed by atoms with E-state index in [1.807, 2.05) is 0 Å². The molecular weight excluding hydrogens is 204 g/mol. The molecule has 0 rings (SSSR count). The Kier molecular flexibility index (Phi) is 3.47. The fraction of sp³-hybridized carbons (Fsp3) is 0.667. The van der Waals surface area contributed by atoms with Crippen LogP contribution in [-0.2, 0) is 14.4 Å². The van der Waals surface area contributed by atoms with Crippen LogP contribution >= 0.6 is 0 Å². The Balaban J connectivity index is 5.38. The van der Waals surface area contributed by atoms with Crippen LogP contribution in [0.25, 0.3) is 0 Å². The average molecular weight is 218 g/mol. The zero-order chi connectivity index (χ0) is 12.4. The van der Waals surface area contributed by atoms with Crippen LogP contribution in [0.2, 0.25) is 0 Å². The van der Waals surface area contributed by atoms with Crippen molar-refractivity contribution < 1.29 is 29.7 Å². The highest BCUT2D eigenvalue weighted by Crippen LogP contribution is 2.42. The second-order valence-electron chi connectivity index (χ2n) is 4.14. The molecule has 86 valence electrons. The van der Waals surface area contributed by atoms with Gasteiger partial charge in [-0.2, -0.15) is 0 Å². The molecule has 0 amide bonds. The Morgan fingerprint density at radius 2 is 1.33 bits per heavy atom. The van der Waals surface area contributed by atoms with Gasteiger partial charge in [0.05, 0.1) is 17.3 Å². The third-order valence-electron chi connectivity index (χ3n) is 2.89. The summed E-state index contributed by atoms with van der Waals surface area (Å²) in [4.78, 5) is 32.4. The zero-order valence-corrected chi connectivity index (χ0v) is 8.77. The van der Waals surface area contributed by atoms with E-state index in [1.165, 1.54) is 13.8 Å². The fourth-order valence-corrected chi connectivity index (χ4v) is 1.10. The molecule has 0 aromatic rings. The Morgan fingerprint density at radius 3 is 1.53 bits per heavy atom. The molecule has 0 aromatic carbocycles. The molecule has 6 heteroatoms. The summed E-state index contributed by atoms with van der Waals surface area (Å²) < 4.78 is 0. The third-order valence-corrected chi connectivity index (χ3v) is 2.89. The molecule has 3 N–H and O–H groups in total. The molecule has 0 heterocycles. The van der Waals surface area contributed by atoms with E-state index in [9.17, 15) is 14.4 Å². The van der Waals surface area contributed by atoms with Crippen LogP contribution < -0.4 is 0 Å². The summed E-state index contributed by atoms with van der Waals surface area (Å²) in [6.07, 6.45) is -0.734. The number of carboxylic acid groups (broad SMARTS) is 3. The van der Waals surface area contributed by atoms with Crippen LogP contribution in [0.4, 0.5) is 0 Å². The summed E-state index contributed by atoms with van der Waals surface area (Å²) in [5, 5.41) is 26.4. The first-order valence-corrected chi connectivity index (χ1v) is 4.24. The lowest BCUT2D eigenvalue weighted by molar-refractivity contribution is -0.173. The van der Waals surface area contributed by atoms with Gasteiger partial charge in [0.15, 0.2) is 0 Å². The molecule has 0 aliphatic heterocycles. The molecule has 6 nitrogen and oxygen atoms in total. The van der Waals surface area contributed by atoms with Crippen LogP contribution in [-0.4, -0.2) is 33.2 Å². The average Bonchev–Trinajstić information content (AvgIpc) is 2.01. The Morgan fingerprint density at radius 1 is 0.933 bits per heavy atom. The molecular formula is C9H14O6. The molecule has 0 saturated carbocycles. The van der Waals surface area contributed by atoms with E-state index in [0.29, 0.717) is 0 Å². The molecule has 0 aliphatic rings. The molecule has 0 radical (unpaired) electrons. The summed E-state index contributed by atoms with van der Waals surface area (Å²) in [5.74, 6) is -4.11. The van der Waals surface area contributed by atoms with Crippen molar-refractivity contribution in [2.45, 2.75) is 27.2 Å². The van der Waals surface area contributed by atoms with Gasteiger partial charge in [-0.15, -0.1) is 0 Å². The number of hydrogen-bond donors (Lipinski definition) is 3. The first kappa shape index (κ1) is 13.4. The van der Waals surface area contributed by atoms with E-state index in [2.05, 4.69) is 0 Å². The molecule has 0 fully saturated rings. The normalized spacial score (nSPS) is 15.4. The van der Waals surface area contributed by atoms with Gasteiger partial charge in [0.1, 0.15) is 0 Å². The maximum atomic E-state index is 11.0. The van der Waals surface area contributed by atoms with Gasteiger partial charge in [-0.25, -0.2) is 0 Å². The lowest BCUT2D eigenvalue weighted by atomic mass is 9.64. The monoisotopic (exact) mass is 218 g/mol. The van der Waals surface area contributed by atoms with Gasteiger partial charge in [-0.3, -0.25) is 14.4 Å². The summed E-state index contributed by atoms with van der Waals surface area (Å²) in [5.41, 5.74) is -3.50. The van der Waals surface area contributed by atoms with Gasteiger partial charge in [-0.1, -0.05) is 0 Å². The summed E-state index contributed by atoms with van der Waals surface area (Å²) >= 11 is 0. The van der Waals surface area contributed by atoms with Gasteiger partial charge in [0.25, 0.3) is 0 Å².